The van der Waals surface area contributed by atoms with E-state index in [1.165, 1.54) is 24.1 Å². The first kappa shape index (κ1) is 15.3. The molecule has 0 bridgehead atoms. The maximum atomic E-state index is 10.2. The number of anilines is 1. The standard InChI is InChI=1S/C17H28N2O/c1-16(2,17(3,4)20)18-13-14-9-5-6-10-15(14)19-11-7-8-12-19/h5-6,9-10,18,20H,7-8,11-13H2,1-4H3. The highest BCUT2D eigenvalue weighted by molar-refractivity contribution is 5.54. The van der Waals surface area contributed by atoms with E-state index >= 15 is 0 Å². The summed E-state index contributed by atoms with van der Waals surface area (Å²) in [7, 11) is 0. The zero-order valence-electron chi connectivity index (χ0n) is 13.2. The molecule has 3 heteroatoms. The van der Waals surface area contributed by atoms with E-state index in [-0.39, 0.29) is 5.54 Å². The predicted molar refractivity (Wildman–Crippen MR) is 85.1 cm³/mol. The van der Waals surface area contributed by atoms with Crippen LogP contribution in [0.5, 0.6) is 0 Å². The molecule has 0 amide bonds. The Morgan fingerprint density at radius 2 is 1.70 bits per heavy atom. The van der Waals surface area contributed by atoms with Gasteiger partial charge in [0.05, 0.1) is 5.60 Å². The molecule has 1 aliphatic heterocycles. The van der Waals surface area contributed by atoms with E-state index < -0.39 is 5.60 Å². The van der Waals surface area contributed by atoms with Gasteiger partial charge in [-0.25, -0.2) is 0 Å². The van der Waals surface area contributed by atoms with Crippen molar-refractivity contribution in [3.05, 3.63) is 29.8 Å². The van der Waals surface area contributed by atoms with Gasteiger partial charge in [0, 0.05) is 30.9 Å². The molecule has 0 unspecified atom stereocenters. The lowest BCUT2D eigenvalue weighted by Crippen LogP contribution is -2.55. The fourth-order valence-corrected chi connectivity index (χ4v) is 2.46. The Hall–Kier alpha value is -1.06. The van der Waals surface area contributed by atoms with Gasteiger partial charge in [0.2, 0.25) is 0 Å². The molecule has 20 heavy (non-hydrogen) atoms. The highest BCUT2D eigenvalue weighted by Gasteiger charge is 2.34. The molecule has 3 nitrogen and oxygen atoms in total. The van der Waals surface area contributed by atoms with Crippen molar-refractivity contribution >= 4 is 5.69 Å². The van der Waals surface area contributed by atoms with Crippen LogP contribution in [0.1, 0.15) is 46.1 Å². The van der Waals surface area contributed by atoms with Crippen LogP contribution < -0.4 is 10.2 Å². The minimum atomic E-state index is -0.754. The van der Waals surface area contributed by atoms with Gasteiger partial charge in [-0.15, -0.1) is 0 Å². The Labute approximate surface area is 123 Å². The number of nitrogens with zero attached hydrogens (tertiary/aromatic N) is 1. The summed E-state index contributed by atoms with van der Waals surface area (Å²) in [5, 5.41) is 13.7. The molecule has 1 fully saturated rings. The van der Waals surface area contributed by atoms with Gasteiger partial charge in [-0.05, 0) is 52.2 Å². The lowest BCUT2D eigenvalue weighted by Gasteiger charge is -2.38. The van der Waals surface area contributed by atoms with Gasteiger partial charge in [-0.2, -0.15) is 0 Å². The second kappa shape index (κ2) is 5.74. The van der Waals surface area contributed by atoms with Gasteiger partial charge in [0.25, 0.3) is 0 Å². The fourth-order valence-electron chi connectivity index (χ4n) is 2.46. The molecule has 1 heterocycles. The van der Waals surface area contributed by atoms with Crippen molar-refractivity contribution in [2.75, 3.05) is 18.0 Å². The van der Waals surface area contributed by atoms with E-state index in [0.717, 1.165) is 19.6 Å². The lowest BCUT2D eigenvalue weighted by molar-refractivity contribution is -0.00530. The molecule has 0 aliphatic carbocycles. The molecule has 0 spiro atoms. The van der Waals surface area contributed by atoms with Crippen LogP contribution in [0, 0.1) is 0 Å². The van der Waals surface area contributed by atoms with Crippen molar-refractivity contribution in [1.29, 1.82) is 0 Å². The first-order valence-electron chi connectivity index (χ1n) is 7.61. The molecular formula is C17H28N2O. The van der Waals surface area contributed by atoms with Gasteiger partial charge < -0.3 is 15.3 Å². The second-order valence-corrected chi connectivity index (χ2v) is 6.86. The van der Waals surface area contributed by atoms with Crippen molar-refractivity contribution < 1.29 is 5.11 Å². The van der Waals surface area contributed by atoms with Crippen LogP contribution in [0.15, 0.2) is 24.3 Å². The van der Waals surface area contributed by atoms with Gasteiger partial charge in [-0.3, -0.25) is 0 Å². The number of benzene rings is 1. The molecule has 0 atom stereocenters. The van der Waals surface area contributed by atoms with Crippen molar-refractivity contribution in [3.8, 4) is 0 Å². The second-order valence-electron chi connectivity index (χ2n) is 6.86. The number of aliphatic hydroxyl groups is 1. The summed E-state index contributed by atoms with van der Waals surface area (Å²) in [5.74, 6) is 0. The summed E-state index contributed by atoms with van der Waals surface area (Å²) in [6.45, 7) is 10.9. The summed E-state index contributed by atoms with van der Waals surface area (Å²) in [5.41, 5.74) is 1.57. The zero-order valence-corrected chi connectivity index (χ0v) is 13.2. The van der Waals surface area contributed by atoms with E-state index in [1.54, 1.807) is 0 Å². The van der Waals surface area contributed by atoms with Crippen molar-refractivity contribution in [2.24, 2.45) is 0 Å². The molecule has 0 aromatic heterocycles. The van der Waals surface area contributed by atoms with Crippen LogP contribution in [0.2, 0.25) is 0 Å². The zero-order chi connectivity index (χ0) is 14.8. The molecule has 0 radical (unpaired) electrons. The summed E-state index contributed by atoms with van der Waals surface area (Å²) in [6, 6.07) is 8.59. The Kier molecular flexibility index (Phi) is 4.40. The third kappa shape index (κ3) is 3.33. The number of hydrogen-bond acceptors (Lipinski definition) is 3. The average molecular weight is 276 g/mol. The third-order valence-corrected chi connectivity index (χ3v) is 4.69. The molecule has 1 saturated heterocycles. The minimum absolute atomic E-state index is 0.328. The first-order valence-corrected chi connectivity index (χ1v) is 7.61. The Bertz CT molecular complexity index is 443. The molecule has 2 rings (SSSR count). The predicted octanol–water partition coefficient (Wildman–Crippen LogP) is 2.93. The smallest absolute Gasteiger partial charge is 0.0767 e. The maximum absolute atomic E-state index is 10.2. The van der Waals surface area contributed by atoms with Gasteiger partial charge >= 0.3 is 0 Å². The van der Waals surface area contributed by atoms with Crippen LogP contribution in [0.4, 0.5) is 5.69 Å². The molecule has 2 N–H and O–H groups in total. The van der Waals surface area contributed by atoms with Crippen LogP contribution in [0.3, 0.4) is 0 Å². The monoisotopic (exact) mass is 276 g/mol. The number of rotatable bonds is 5. The Morgan fingerprint density at radius 3 is 2.30 bits per heavy atom. The Balaban J connectivity index is 2.10. The van der Waals surface area contributed by atoms with Gasteiger partial charge in [-0.1, -0.05) is 18.2 Å². The largest absolute Gasteiger partial charge is 0.389 e. The quantitative estimate of drug-likeness (QED) is 0.868. The van der Waals surface area contributed by atoms with E-state index in [9.17, 15) is 5.11 Å². The topological polar surface area (TPSA) is 35.5 Å². The highest BCUT2D eigenvalue weighted by Crippen LogP contribution is 2.26. The van der Waals surface area contributed by atoms with E-state index in [0.29, 0.717) is 0 Å². The van der Waals surface area contributed by atoms with Crippen molar-refractivity contribution in [2.45, 2.75) is 58.2 Å². The van der Waals surface area contributed by atoms with E-state index in [1.807, 2.05) is 27.7 Å². The number of hydrogen-bond donors (Lipinski definition) is 2. The van der Waals surface area contributed by atoms with Crippen LogP contribution in [0.25, 0.3) is 0 Å². The van der Waals surface area contributed by atoms with Crippen LogP contribution in [-0.4, -0.2) is 29.3 Å². The molecular weight excluding hydrogens is 248 g/mol. The van der Waals surface area contributed by atoms with Crippen molar-refractivity contribution in [3.63, 3.8) is 0 Å². The molecule has 1 aliphatic rings. The minimum Gasteiger partial charge on any atom is -0.389 e. The summed E-state index contributed by atoms with van der Waals surface area (Å²) in [6.07, 6.45) is 2.58. The summed E-state index contributed by atoms with van der Waals surface area (Å²) < 4.78 is 0. The van der Waals surface area contributed by atoms with Gasteiger partial charge in [0.15, 0.2) is 0 Å². The molecule has 1 aromatic carbocycles. The normalized spacial score (nSPS) is 16.8. The molecule has 1 aromatic rings. The molecule has 112 valence electrons. The maximum Gasteiger partial charge on any atom is 0.0767 e. The molecule has 0 saturated carbocycles. The third-order valence-electron chi connectivity index (χ3n) is 4.69. The summed E-state index contributed by atoms with van der Waals surface area (Å²) >= 11 is 0. The first-order chi connectivity index (χ1) is 9.31. The number of nitrogens with one attached hydrogen (secondary N) is 1. The SMILES string of the molecule is CC(C)(O)C(C)(C)NCc1ccccc1N1CCCC1. The van der Waals surface area contributed by atoms with E-state index in [2.05, 4.69) is 34.5 Å². The van der Waals surface area contributed by atoms with Crippen LogP contribution >= 0.6 is 0 Å². The average Bonchev–Trinajstić information content (AvgIpc) is 2.89. The lowest BCUT2D eigenvalue weighted by atomic mass is 9.86. The van der Waals surface area contributed by atoms with Crippen molar-refractivity contribution in [1.82, 2.24) is 5.32 Å². The fraction of sp³-hybridized carbons (Fsp3) is 0.647. The van der Waals surface area contributed by atoms with Gasteiger partial charge in [0.1, 0.15) is 0 Å². The number of para-hydroxylation sites is 1. The highest BCUT2D eigenvalue weighted by atomic mass is 16.3. The van der Waals surface area contributed by atoms with Crippen LogP contribution in [-0.2, 0) is 6.54 Å². The Morgan fingerprint density at radius 1 is 1.10 bits per heavy atom. The van der Waals surface area contributed by atoms with E-state index in [4.69, 9.17) is 0 Å². The summed E-state index contributed by atoms with van der Waals surface area (Å²) in [4.78, 5) is 2.47.